The highest BCUT2D eigenvalue weighted by atomic mass is 16.5. The average molecular weight is 180 g/mol. The van der Waals surface area contributed by atoms with Gasteiger partial charge in [-0.05, 0) is 26.0 Å². The fraction of sp³-hybridized carbons (Fsp3) is 0.300. The topological polar surface area (TPSA) is 39.4 Å². The molecule has 3 heteroatoms. The molecule has 1 aromatic heterocycles. The molecule has 0 spiro atoms. The predicted molar refractivity (Wildman–Crippen MR) is 47.9 cm³/mol. The number of furan rings is 1. The SMILES string of the molecule is C/C=C(/C)C(=O)OCc1ccco1. The van der Waals surface area contributed by atoms with Gasteiger partial charge >= 0.3 is 5.97 Å². The molecular weight excluding hydrogens is 168 g/mol. The lowest BCUT2D eigenvalue weighted by Gasteiger charge is -2.01. The van der Waals surface area contributed by atoms with Crippen LogP contribution in [0, 0.1) is 0 Å². The Kier molecular flexibility index (Phi) is 3.31. The molecule has 0 fully saturated rings. The van der Waals surface area contributed by atoms with Crippen LogP contribution in [0.25, 0.3) is 0 Å². The summed E-state index contributed by atoms with van der Waals surface area (Å²) in [6, 6.07) is 3.52. The Balaban J connectivity index is 2.40. The summed E-state index contributed by atoms with van der Waals surface area (Å²) < 4.78 is 9.94. The molecule has 0 saturated carbocycles. The van der Waals surface area contributed by atoms with Crippen LogP contribution in [0.2, 0.25) is 0 Å². The Morgan fingerprint density at radius 1 is 1.69 bits per heavy atom. The molecule has 0 N–H and O–H groups in total. The Morgan fingerprint density at radius 3 is 3.00 bits per heavy atom. The lowest BCUT2D eigenvalue weighted by molar-refractivity contribution is -0.140. The van der Waals surface area contributed by atoms with E-state index >= 15 is 0 Å². The normalized spacial score (nSPS) is 11.4. The summed E-state index contributed by atoms with van der Waals surface area (Å²) >= 11 is 0. The van der Waals surface area contributed by atoms with Crippen LogP contribution >= 0.6 is 0 Å². The number of hydrogen-bond donors (Lipinski definition) is 0. The fourth-order valence-electron chi connectivity index (χ4n) is 0.763. The van der Waals surface area contributed by atoms with E-state index < -0.39 is 0 Å². The number of esters is 1. The summed E-state index contributed by atoms with van der Waals surface area (Å²) in [5.41, 5.74) is 0.603. The van der Waals surface area contributed by atoms with Crippen LogP contribution in [0.5, 0.6) is 0 Å². The van der Waals surface area contributed by atoms with Crippen LogP contribution in [0.15, 0.2) is 34.5 Å². The maximum Gasteiger partial charge on any atom is 0.333 e. The van der Waals surface area contributed by atoms with Gasteiger partial charge in [0.1, 0.15) is 12.4 Å². The van der Waals surface area contributed by atoms with Gasteiger partial charge < -0.3 is 9.15 Å². The summed E-state index contributed by atoms with van der Waals surface area (Å²) in [4.78, 5) is 11.1. The first-order chi connectivity index (χ1) is 6.24. The van der Waals surface area contributed by atoms with E-state index in [0.717, 1.165) is 0 Å². The minimum Gasteiger partial charge on any atom is -0.466 e. The van der Waals surface area contributed by atoms with Crippen molar-refractivity contribution < 1.29 is 13.9 Å². The van der Waals surface area contributed by atoms with Gasteiger partial charge in [-0.3, -0.25) is 0 Å². The molecule has 0 aliphatic carbocycles. The van der Waals surface area contributed by atoms with Crippen LogP contribution in [0.4, 0.5) is 0 Å². The number of carbonyl (C=O) groups is 1. The van der Waals surface area contributed by atoms with Crippen molar-refractivity contribution in [2.24, 2.45) is 0 Å². The van der Waals surface area contributed by atoms with Gasteiger partial charge in [-0.1, -0.05) is 6.08 Å². The summed E-state index contributed by atoms with van der Waals surface area (Å²) in [5.74, 6) is 0.344. The molecule has 0 aliphatic rings. The molecule has 0 atom stereocenters. The zero-order valence-corrected chi connectivity index (χ0v) is 7.74. The highest BCUT2D eigenvalue weighted by molar-refractivity contribution is 5.87. The number of rotatable bonds is 3. The van der Waals surface area contributed by atoms with E-state index in [1.54, 1.807) is 38.3 Å². The van der Waals surface area contributed by atoms with Crippen molar-refractivity contribution >= 4 is 5.97 Å². The molecule has 1 heterocycles. The first kappa shape index (κ1) is 9.58. The molecule has 0 amide bonds. The van der Waals surface area contributed by atoms with E-state index in [-0.39, 0.29) is 12.6 Å². The lowest BCUT2D eigenvalue weighted by atomic mass is 10.3. The van der Waals surface area contributed by atoms with Crippen LogP contribution in [0.3, 0.4) is 0 Å². The van der Waals surface area contributed by atoms with Crippen LogP contribution in [0.1, 0.15) is 19.6 Å². The van der Waals surface area contributed by atoms with Crippen molar-refractivity contribution in [2.45, 2.75) is 20.5 Å². The van der Waals surface area contributed by atoms with E-state index in [9.17, 15) is 4.79 Å². The monoisotopic (exact) mass is 180 g/mol. The van der Waals surface area contributed by atoms with Gasteiger partial charge in [-0.15, -0.1) is 0 Å². The van der Waals surface area contributed by atoms with Crippen molar-refractivity contribution in [3.63, 3.8) is 0 Å². The molecule has 1 rings (SSSR count). The van der Waals surface area contributed by atoms with Crippen molar-refractivity contribution in [1.82, 2.24) is 0 Å². The van der Waals surface area contributed by atoms with Crippen LogP contribution in [-0.4, -0.2) is 5.97 Å². The first-order valence-electron chi connectivity index (χ1n) is 4.06. The van der Waals surface area contributed by atoms with Gasteiger partial charge in [-0.2, -0.15) is 0 Å². The summed E-state index contributed by atoms with van der Waals surface area (Å²) in [5, 5.41) is 0. The standard InChI is InChI=1S/C10H12O3/c1-3-8(2)10(11)13-7-9-5-4-6-12-9/h3-6H,7H2,1-2H3/b8-3-. The average Bonchev–Trinajstić information content (AvgIpc) is 2.65. The molecular formula is C10H12O3. The maximum atomic E-state index is 11.1. The Labute approximate surface area is 77.0 Å². The number of hydrogen-bond acceptors (Lipinski definition) is 3. The zero-order chi connectivity index (χ0) is 9.68. The summed E-state index contributed by atoms with van der Waals surface area (Å²) in [6.45, 7) is 3.70. The molecule has 0 radical (unpaired) electrons. The molecule has 1 aromatic rings. The third kappa shape index (κ3) is 2.78. The van der Waals surface area contributed by atoms with Gasteiger partial charge in [-0.25, -0.2) is 4.79 Å². The van der Waals surface area contributed by atoms with Crippen LogP contribution in [-0.2, 0) is 16.1 Å². The lowest BCUT2D eigenvalue weighted by Crippen LogP contribution is -2.04. The molecule has 70 valence electrons. The van der Waals surface area contributed by atoms with Crippen LogP contribution < -0.4 is 0 Å². The number of allylic oxidation sites excluding steroid dienone is 1. The van der Waals surface area contributed by atoms with Gasteiger partial charge in [0.25, 0.3) is 0 Å². The second-order valence-electron chi connectivity index (χ2n) is 2.63. The van der Waals surface area contributed by atoms with Crippen molar-refractivity contribution in [3.8, 4) is 0 Å². The second kappa shape index (κ2) is 4.50. The molecule has 0 bridgehead atoms. The number of carbonyl (C=O) groups excluding carboxylic acids is 1. The molecule has 0 unspecified atom stereocenters. The van der Waals surface area contributed by atoms with E-state index in [1.165, 1.54) is 0 Å². The quantitative estimate of drug-likeness (QED) is 0.529. The largest absolute Gasteiger partial charge is 0.466 e. The zero-order valence-electron chi connectivity index (χ0n) is 7.74. The molecule has 3 nitrogen and oxygen atoms in total. The van der Waals surface area contributed by atoms with Gasteiger partial charge in [0.15, 0.2) is 0 Å². The smallest absolute Gasteiger partial charge is 0.333 e. The minimum atomic E-state index is -0.307. The fourth-order valence-corrected chi connectivity index (χ4v) is 0.763. The Bertz CT molecular complexity index is 296. The van der Waals surface area contributed by atoms with Gasteiger partial charge in [0.2, 0.25) is 0 Å². The highest BCUT2D eigenvalue weighted by Crippen LogP contribution is 2.04. The third-order valence-corrected chi connectivity index (χ3v) is 1.68. The molecule has 0 saturated heterocycles. The highest BCUT2D eigenvalue weighted by Gasteiger charge is 2.05. The molecule has 13 heavy (non-hydrogen) atoms. The van der Waals surface area contributed by atoms with E-state index in [4.69, 9.17) is 9.15 Å². The molecule has 0 aliphatic heterocycles. The predicted octanol–water partition coefficient (Wildman–Crippen LogP) is 2.29. The van der Waals surface area contributed by atoms with Gasteiger partial charge in [0, 0.05) is 5.57 Å². The van der Waals surface area contributed by atoms with E-state index in [1.807, 2.05) is 0 Å². The van der Waals surface area contributed by atoms with Crippen molar-refractivity contribution in [1.29, 1.82) is 0 Å². The van der Waals surface area contributed by atoms with E-state index in [2.05, 4.69) is 0 Å². The van der Waals surface area contributed by atoms with E-state index in [0.29, 0.717) is 11.3 Å². The maximum absolute atomic E-state index is 11.1. The Hall–Kier alpha value is -1.51. The third-order valence-electron chi connectivity index (χ3n) is 1.68. The van der Waals surface area contributed by atoms with Crippen molar-refractivity contribution in [2.75, 3.05) is 0 Å². The first-order valence-corrected chi connectivity index (χ1v) is 4.06. The second-order valence-corrected chi connectivity index (χ2v) is 2.63. The molecule has 0 aromatic carbocycles. The summed E-state index contributed by atoms with van der Waals surface area (Å²) in [6.07, 6.45) is 3.26. The van der Waals surface area contributed by atoms with Gasteiger partial charge in [0.05, 0.1) is 6.26 Å². The Morgan fingerprint density at radius 2 is 2.46 bits per heavy atom. The summed E-state index contributed by atoms with van der Waals surface area (Å²) in [7, 11) is 0. The minimum absolute atomic E-state index is 0.191. The number of ether oxygens (including phenoxy) is 1. The van der Waals surface area contributed by atoms with Crippen molar-refractivity contribution in [3.05, 3.63) is 35.8 Å².